The van der Waals surface area contributed by atoms with Crippen LogP contribution in [0.2, 0.25) is 5.02 Å². The summed E-state index contributed by atoms with van der Waals surface area (Å²) >= 11 is 6.17. The number of rotatable bonds is 8. The molecule has 0 aliphatic rings. The van der Waals surface area contributed by atoms with Crippen LogP contribution < -0.4 is 10.6 Å². The largest absolute Gasteiger partial charge is 0.419 e. The molecule has 3 rings (SSSR count). The fraction of sp³-hybridized carbons (Fsp3) is 0.263. The highest BCUT2D eigenvalue weighted by molar-refractivity contribution is 7.89. The molecular formula is C19H22ClN5O3S. The summed E-state index contributed by atoms with van der Waals surface area (Å²) in [6.07, 6.45) is 0. The molecule has 29 heavy (non-hydrogen) atoms. The van der Waals surface area contributed by atoms with Crippen LogP contribution in [-0.2, 0) is 16.6 Å². The minimum atomic E-state index is -3.55. The van der Waals surface area contributed by atoms with Gasteiger partial charge in [0.1, 0.15) is 0 Å². The van der Waals surface area contributed by atoms with Crippen LogP contribution in [0.1, 0.15) is 12.8 Å². The van der Waals surface area contributed by atoms with Gasteiger partial charge in [0, 0.05) is 20.6 Å². The molecule has 0 saturated carbocycles. The number of hydrogen-bond donors (Lipinski definition) is 2. The van der Waals surface area contributed by atoms with Gasteiger partial charge in [-0.15, -0.1) is 10.2 Å². The molecule has 0 aliphatic carbocycles. The van der Waals surface area contributed by atoms with Gasteiger partial charge in [-0.3, -0.25) is 0 Å². The summed E-state index contributed by atoms with van der Waals surface area (Å²) < 4.78 is 31.8. The average Bonchev–Trinajstić information content (AvgIpc) is 3.16. The molecule has 2 aromatic carbocycles. The van der Waals surface area contributed by atoms with Crippen LogP contribution >= 0.6 is 11.6 Å². The first-order valence-corrected chi connectivity index (χ1v) is 10.8. The molecule has 0 atom stereocenters. The number of nitrogens with zero attached hydrogens (tertiary/aromatic N) is 3. The van der Waals surface area contributed by atoms with Crippen LogP contribution in [0.5, 0.6) is 0 Å². The van der Waals surface area contributed by atoms with Crippen molar-refractivity contribution in [1.29, 1.82) is 0 Å². The molecule has 1 aromatic heterocycles. The summed E-state index contributed by atoms with van der Waals surface area (Å²) in [5.74, 6) is 0.673. The SMILES string of the molecule is CCNc1ccc(S(=O)(=O)N(C)C)cc1NCc1nnc(-c2ccccc2Cl)o1. The minimum absolute atomic E-state index is 0.189. The van der Waals surface area contributed by atoms with E-state index >= 15 is 0 Å². The Balaban J connectivity index is 1.83. The van der Waals surface area contributed by atoms with Crippen LogP contribution in [0.15, 0.2) is 51.8 Å². The lowest BCUT2D eigenvalue weighted by Gasteiger charge is -2.16. The van der Waals surface area contributed by atoms with Gasteiger partial charge in [-0.05, 0) is 37.3 Å². The van der Waals surface area contributed by atoms with Crippen molar-refractivity contribution in [1.82, 2.24) is 14.5 Å². The van der Waals surface area contributed by atoms with Gasteiger partial charge in [0.05, 0.1) is 33.4 Å². The molecule has 0 spiro atoms. The first-order chi connectivity index (χ1) is 13.8. The average molecular weight is 436 g/mol. The monoisotopic (exact) mass is 435 g/mol. The molecule has 0 amide bonds. The Morgan fingerprint density at radius 2 is 1.83 bits per heavy atom. The molecule has 0 saturated heterocycles. The van der Waals surface area contributed by atoms with Gasteiger partial charge in [-0.25, -0.2) is 12.7 Å². The minimum Gasteiger partial charge on any atom is -0.419 e. The van der Waals surface area contributed by atoms with Gasteiger partial charge in [-0.1, -0.05) is 23.7 Å². The molecule has 8 nitrogen and oxygen atoms in total. The summed E-state index contributed by atoms with van der Waals surface area (Å²) in [6.45, 7) is 2.87. The van der Waals surface area contributed by atoms with Gasteiger partial charge in [0.15, 0.2) is 0 Å². The topological polar surface area (TPSA) is 100 Å². The Bertz CT molecular complexity index is 1100. The van der Waals surface area contributed by atoms with Crippen molar-refractivity contribution >= 4 is 33.0 Å². The van der Waals surface area contributed by atoms with Crippen LogP contribution in [0.25, 0.3) is 11.5 Å². The van der Waals surface area contributed by atoms with Crippen molar-refractivity contribution in [3.8, 4) is 11.5 Å². The number of aromatic nitrogens is 2. The predicted molar refractivity (Wildman–Crippen MR) is 114 cm³/mol. The van der Waals surface area contributed by atoms with E-state index in [2.05, 4.69) is 20.8 Å². The third-order valence-corrected chi connectivity index (χ3v) is 6.28. The molecular weight excluding hydrogens is 414 g/mol. The van der Waals surface area contributed by atoms with E-state index in [9.17, 15) is 8.42 Å². The molecule has 2 N–H and O–H groups in total. The fourth-order valence-corrected chi connectivity index (χ4v) is 3.77. The first-order valence-electron chi connectivity index (χ1n) is 8.94. The Hall–Kier alpha value is -2.62. The molecule has 0 aliphatic heterocycles. The van der Waals surface area contributed by atoms with E-state index in [4.69, 9.17) is 16.0 Å². The molecule has 3 aromatic rings. The lowest BCUT2D eigenvalue weighted by Crippen LogP contribution is -2.22. The lowest BCUT2D eigenvalue weighted by molar-refractivity contribution is 0.515. The fourth-order valence-electron chi connectivity index (χ4n) is 2.62. The number of benzene rings is 2. The van der Waals surface area contributed by atoms with E-state index in [1.807, 2.05) is 19.1 Å². The Labute approximate surface area is 174 Å². The maximum Gasteiger partial charge on any atom is 0.249 e. The van der Waals surface area contributed by atoms with Crippen molar-refractivity contribution in [3.63, 3.8) is 0 Å². The van der Waals surface area contributed by atoms with Gasteiger partial charge < -0.3 is 15.1 Å². The second kappa shape index (κ2) is 8.81. The van der Waals surface area contributed by atoms with E-state index in [1.54, 1.807) is 30.3 Å². The molecule has 154 valence electrons. The van der Waals surface area contributed by atoms with E-state index in [-0.39, 0.29) is 11.4 Å². The quantitative estimate of drug-likeness (QED) is 0.556. The van der Waals surface area contributed by atoms with Crippen molar-refractivity contribution in [2.24, 2.45) is 0 Å². The second-order valence-electron chi connectivity index (χ2n) is 6.36. The summed E-state index contributed by atoms with van der Waals surface area (Å²) in [6, 6.07) is 12.1. The zero-order valence-electron chi connectivity index (χ0n) is 16.3. The van der Waals surface area contributed by atoms with E-state index in [1.165, 1.54) is 18.4 Å². The third-order valence-electron chi connectivity index (χ3n) is 4.14. The van der Waals surface area contributed by atoms with Crippen molar-refractivity contribution in [3.05, 3.63) is 53.4 Å². The van der Waals surface area contributed by atoms with Crippen molar-refractivity contribution < 1.29 is 12.8 Å². The number of halogens is 1. The zero-order chi connectivity index (χ0) is 21.0. The highest BCUT2D eigenvalue weighted by atomic mass is 35.5. The summed E-state index contributed by atoms with van der Waals surface area (Å²) in [4.78, 5) is 0.189. The van der Waals surface area contributed by atoms with E-state index in [0.717, 1.165) is 5.69 Å². The summed E-state index contributed by atoms with van der Waals surface area (Å²) in [5, 5.41) is 15.0. The predicted octanol–water partition coefficient (Wildman–Crippen LogP) is 3.68. The van der Waals surface area contributed by atoms with Gasteiger partial charge in [0.25, 0.3) is 0 Å². The molecule has 0 fully saturated rings. The van der Waals surface area contributed by atoms with E-state index in [0.29, 0.717) is 34.6 Å². The van der Waals surface area contributed by atoms with Gasteiger partial charge >= 0.3 is 0 Å². The number of anilines is 2. The zero-order valence-corrected chi connectivity index (χ0v) is 17.9. The van der Waals surface area contributed by atoms with Crippen LogP contribution in [0.3, 0.4) is 0 Å². The second-order valence-corrected chi connectivity index (χ2v) is 8.92. The van der Waals surface area contributed by atoms with Gasteiger partial charge in [0.2, 0.25) is 21.8 Å². The van der Waals surface area contributed by atoms with Crippen LogP contribution in [0, 0.1) is 0 Å². The number of hydrogen-bond acceptors (Lipinski definition) is 7. The molecule has 10 heteroatoms. The molecule has 0 radical (unpaired) electrons. The van der Waals surface area contributed by atoms with Crippen LogP contribution in [-0.4, -0.2) is 43.6 Å². The molecule has 0 bridgehead atoms. The standard InChI is InChI=1S/C19H22ClN5O3S/c1-4-21-16-10-9-13(29(26,27)25(2)3)11-17(16)22-12-18-23-24-19(28-18)14-7-5-6-8-15(14)20/h5-11,21-22H,4,12H2,1-3H3. The van der Waals surface area contributed by atoms with Gasteiger partial charge in [-0.2, -0.15) is 0 Å². The Kier molecular flexibility index (Phi) is 6.41. The van der Waals surface area contributed by atoms with E-state index < -0.39 is 10.0 Å². The highest BCUT2D eigenvalue weighted by Gasteiger charge is 2.19. The Morgan fingerprint density at radius 1 is 1.07 bits per heavy atom. The number of nitrogens with one attached hydrogen (secondary N) is 2. The molecule has 0 unspecified atom stereocenters. The normalized spacial score (nSPS) is 11.6. The smallest absolute Gasteiger partial charge is 0.249 e. The number of sulfonamides is 1. The third kappa shape index (κ3) is 4.69. The highest BCUT2D eigenvalue weighted by Crippen LogP contribution is 2.29. The van der Waals surface area contributed by atoms with Crippen LogP contribution in [0.4, 0.5) is 11.4 Å². The Morgan fingerprint density at radius 3 is 2.52 bits per heavy atom. The maximum atomic E-state index is 12.4. The van der Waals surface area contributed by atoms with Crippen molar-refractivity contribution in [2.75, 3.05) is 31.3 Å². The van der Waals surface area contributed by atoms with Crippen molar-refractivity contribution in [2.45, 2.75) is 18.4 Å². The lowest BCUT2D eigenvalue weighted by atomic mass is 10.2. The summed E-state index contributed by atoms with van der Waals surface area (Å²) in [7, 11) is -0.561. The molecule has 1 heterocycles. The maximum absolute atomic E-state index is 12.4. The first kappa shape index (κ1) is 21.1. The summed E-state index contributed by atoms with van der Waals surface area (Å²) in [5.41, 5.74) is 2.05.